The SMILES string of the molecule is Cn1c(CCNC(=O)c2cn(-c3ccccc3)nc2-c2ccc(Cl)cc2)n[nH]c1=S. The summed E-state index contributed by atoms with van der Waals surface area (Å²) in [6, 6.07) is 16.9. The lowest BCUT2D eigenvalue weighted by Gasteiger charge is -2.05. The lowest BCUT2D eigenvalue weighted by Crippen LogP contribution is -2.26. The van der Waals surface area contributed by atoms with Crippen LogP contribution in [0.3, 0.4) is 0 Å². The average Bonchev–Trinajstić information content (AvgIpc) is 3.34. The van der Waals surface area contributed by atoms with Crippen LogP contribution >= 0.6 is 23.8 Å². The Morgan fingerprint density at radius 3 is 2.57 bits per heavy atom. The monoisotopic (exact) mass is 438 g/mol. The molecule has 152 valence electrons. The first-order valence-corrected chi connectivity index (χ1v) is 10.1. The van der Waals surface area contributed by atoms with E-state index in [0.29, 0.717) is 34.0 Å². The van der Waals surface area contributed by atoms with E-state index >= 15 is 0 Å². The summed E-state index contributed by atoms with van der Waals surface area (Å²) in [4.78, 5) is 13.0. The van der Waals surface area contributed by atoms with Crippen LogP contribution in [-0.2, 0) is 13.5 Å². The third kappa shape index (κ3) is 4.19. The zero-order valence-corrected chi connectivity index (χ0v) is 17.7. The summed E-state index contributed by atoms with van der Waals surface area (Å²) in [6.45, 7) is 0.420. The van der Waals surface area contributed by atoms with Crippen molar-refractivity contribution in [2.24, 2.45) is 7.05 Å². The smallest absolute Gasteiger partial charge is 0.255 e. The Morgan fingerprint density at radius 2 is 1.90 bits per heavy atom. The molecule has 0 atom stereocenters. The zero-order chi connectivity index (χ0) is 21.1. The van der Waals surface area contributed by atoms with Crippen LogP contribution in [0.25, 0.3) is 16.9 Å². The van der Waals surface area contributed by atoms with Crippen LogP contribution in [0, 0.1) is 4.77 Å². The van der Waals surface area contributed by atoms with Gasteiger partial charge in [-0.1, -0.05) is 41.9 Å². The normalized spacial score (nSPS) is 10.9. The fourth-order valence-electron chi connectivity index (χ4n) is 3.06. The van der Waals surface area contributed by atoms with Crippen molar-refractivity contribution in [1.29, 1.82) is 0 Å². The van der Waals surface area contributed by atoms with E-state index < -0.39 is 0 Å². The molecule has 2 N–H and O–H groups in total. The maximum Gasteiger partial charge on any atom is 0.255 e. The second-order valence-corrected chi connectivity index (χ2v) is 7.51. The number of aromatic amines is 1. The number of H-pyrrole nitrogens is 1. The Kier molecular flexibility index (Phi) is 5.78. The van der Waals surface area contributed by atoms with Gasteiger partial charge in [0, 0.05) is 36.8 Å². The number of halogens is 1. The number of aromatic nitrogens is 5. The molecular formula is C21H19ClN6OS. The summed E-state index contributed by atoms with van der Waals surface area (Å²) < 4.78 is 4.04. The highest BCUT2D eigenvalue weighted by molar-refractivity contribution is 7.71. The molecular weight excluding hydrogens is 420 g/mol. The van der Waals surface area contributed by atoms with Gasteiger partial charge in [0.25, 0.3) is 5.91 Å². The second kappa shape index (κ2) is 8.64. The Morgan fingerprint density at radius 1 is 1.17 bits per heavy atom. The number of benzene rings is 2. The van der Waals surface area contributed by atoms with Crippen LogP contribution in [0.15, 0.2) is 60.8 Å². The summed E-state index contributed by atoms with van der Waals surface area (Å²) >= 11 is 11.1. The molecule has 0 aliphatic rings. The second-order valence-electron chi connectivity index (χ2n) is 6.69. The first-order valence-electron chi connectivity index (χ1n) is 9.32. The van der Waals surface area contributed by atoms with Crippen LogP contribution in [0.1, 0.15) is 16.2 Å². The number of rotatable bonds is 6. The number of nitrogens with zero attached hydrogens (tertiary/aromatic N) is 4. The fraction of sp³-hybridized carbons (Fsp3) is 0.143. The highest BCUT2D eigenvalue weighted by Crippen LogP contribution is 2.25. The van der Waals surface area contributed by atoms with Crippen LogP contribution in [0.4, 0.5) is 0 Å². The highest BCUT2D eigenvalue weighted by Gasteiger charge is 2.18. The van der Waals surface area contributed by atoms with Crippen LogP contribution in [0.2, 0.25) is 5.02 Å². The van der Waals surface area contributed by atoms with Crippen LogP contribution < -0.4 is 5.32 Å². The molecule has 2 aromatic heterocycles. The molecule has 30 heavy (non-hydrogen) atoms. The van der Waals surface area contributed by atoms with E-state index in [9.17, 15) is 4.79 Å². The minimum absolute atomic E-state index is 0.209. The lowest BCUT2D eigenvalue weighted by atomic mass is 10.1. The van der Waals surface area contributed by atoms with Crippen molar-refractivity contribution in [2.75, 3.05) is 6.54 Å². The van der Waals surface area contributed by atoms with Crippen molar-refractivity contribution >= 4 is 29.7 Å². The largest absolute Gasteiger partial charge is 0.351 e. The minimum atomic E-state index is -0.209. The molecule has 0 fully saturated rings. The van der Waals surface area contributed by atoms with Crippen molar-refractivity contribution in [1.82, 2.24) is 29.9 Å². The number of hydrogen-bond donors (Lipinski definition) is 2. The first kappa shape index (κ1) is 20.1. The van der Waals surface area contributed by atoms with E-state index in [4.69, 9.17) is 23.8 Å². The number of para-hydroxylation sites is 1. The Balaban J connectivity index is 1.60. The quantitative estimate of drug-likeness (QED) is 0.446. The van der Waals surface area contributed by atoms with E-state index in [1.807, 2.05) is 49.5 Å². The van der Waals surface area contributed by atoms with Crippen LogP contribution in [0.5, 0.6) is 0 Å². The molecule has 7 nitrogen and oxygen atoms in total. The predicted octanol–water partition coefficient (Wildman–Crippen LogP) is 3.96. The van der Waals surface area contributed by atoms with Gasteiger partial charge in [-0.25, -0.2) is 4.68 Å². The maximum absolute atomic E-state index is 13.0. The van der Waals surface area contributed by atoms with E-state index in [-0.39, 0.29) is 5.91 Å². The number of hydrogen-bond acceptors (Lipinski definition) is 4. The summed E-state index contributed by atoms with van der Waals surface area (Å²) in [5.41, 5.74) is 2.75. The summed E-state index contributed by atoms with van der Waals surface area (Å²) in [5, 5.41) is 15.1. The van der Waals surface area contributed by atoms with Gasteiger partial charge in [0.1, 0.15) is 11.5 Å². The van der Waals surface area contributed by atoms with Gasteiger partial charge in [-0.05, 0) is 36.5 Å². The number of amides is 1. The van der Waals surface area contributed by atoms with Gasteiger partial charge in [-0.2, -0.15) is 10.2 Å². The van der Waals surface area contributed by atoms with E-state index in [1.165, 1.54) is 0 Å². The summed E-state index contributed by atoms with van der Waals surface area (Å²) in [7, 11) is 1.84. The molecule has 0 bridgehead atoms. The number of carbonyl (C=O) groups is 1. The van der Waals surface area contributed by atoms with Gasteiger partial charge >= 0.3 is 0 Å². The highest BCUT2D eigenvalue weighted by atomic mass is 35.5. The molecule has 0 radical (unpaired) electrons. The molecule has 0 aliphatic carbocycles. The Bertz CT molecular complexity index is 1230. The fourth-order valence-corrected chi connectivity index (χ4v) is 3.34. The number of nitrogens with one attached hydrogen (secondary N) is 2. The van der Waals surface area contributed by atoms with Crippen molar-refractivity contribution in [3.63, 3.8) is 0 Å². The zero-order valence-electron chi connectivity index (χ0n) is 16.2. The first-order chi connectivity index (χ1) is 14.5. The molecule has 0 saturated heterocycles. The van der Waals surface area contributed by atoms with Crippen molar-refractivity contribution in [2.45, 2.75) is 6.42 Å². The molecule has 2 heterocycles. The molecule has 9 heteroatoms. The van der Waals surface area contributed by atoms with E-state index in [0.717, 1.165) is 17.1 Å². The summed E-state index contributed by atoms with van der Waals surface area (Å²) in [6.07, 6.45) is 2.29. The lowest BCUT2D eigenvalue weighted by molar-refractivity contribution is 0.0954. The van der Waals surface area contributed by atoms with Gasteiger partial charge in [0.2, 0.25) is 0 Å². The molecule has 2 aromatic carbocycles. The van der Waals surface area contributed by atoms with Gasteiger partial charge in [0.05, 0.1) is 11.3 Å². The summed E-state index contributed by atoms with van der Waals surface area (Å²) in [5.74, 6) is 0.567. The van der Waals surface area contributed by atoms with Crippen molar-refractivity contribution < 1.29 is 4.79 Å². The topological polar surface area (TPSA) is 80.5 Å². The van der Waals surface area contributed by atoms with Gasteiger partial charge in [0.15, 0.2) is 4.77 Å². The third-order valence-corrected chi connectivity index (χ3v) is 5.32. The van der Waals surface area contributed by atoms with E-state index in [2.05, 4.69) is 20.6 Å². The van der Waals surface area contributed by atoms with Gasteiger partial charge in [-0.15, -0.1) is 0 Å². The Hall–Kier alpha value is -3.23. The van der Waals surface area contributed by atoms with Crippen molar-refractivity contribution in [3.8, 4) is 16.9 Å². The molecule has 1 amide bonds. The van der Waals surface area contributed by atoms with E-state index in [1.54, 1.807) is 27.6 Å². The average molecular weight is 439 g/mol. The molecule has 4 rings (SSSR count). The molecule has 4 aromatic rings. The predicted molar refractivity (Wildman–Crippen MR) is 118 cm³/mol. The Labute approximate surface area is 183 Å². The van der Waals surface area contributed by atoms with Crippen LogP contribution in [-0.4, -0.2) is 37.0 Å². The molecule has 0 spiro atoms. The minimum Gasteiger partial charge on any atom is -0.351 e. The van der Waals surface area contributed by atoms with Gasteiger partial charge < -0.3 is 9.88 Å². The van der Waals surface area contributed by atoms with Crippen molar-refractivity contribution in [3.05, 3.63) is 82.0 Å². The number of carbonyl (C=O) groups excluding carboxylic acids is 1. The molecule has 0 unspecified atom stereocenters. The third-order valence-electron chi connectivity index (χ3n) is 4.70. The standard InChI is InChI=1S/C21H19ClN6OS/c1-27-18(24-25-21(27)30)11-12-23-20(29)17-13-28(16-5-3-2-4-6-16)26-19(17)14-7-9-15(22)10-8-14/h2-10,13H,11-12H2,1H3,(H,23,29)(H,25,30). The molecule has 0 aliphatic heterocycles. The molecule has 0 saturated carbocycles. The maximum atomic E-state index is 13.0. The van der Waals surface area contributed by atoms with Gasteiger partial charge in [-0.3, -0.25) is 9.89 Å².